The van der Waals surface area contributed by atoms with Crippen LogP contribution in [0.15, 0.2) is 38.8 Å². The van der Waals surface area contributed by atoms with Crippen molar-refractivity contribution in [1.29, 1.82) is 0 Å². The molecule has 0 atom stereocenters. The summed E-state index contributed by atoms with van der Waals surface area (Å²) in [6, 6.07) is 5.57. The van der Waals surface area contributed by atoms with Crippen LogP contribution in [0.5, 0.6) is 0 Å². The quantitative estimate of drug-likeness (QED) is 0.453. The van der Waals surface area contributed by atoms with Crippen LogP contribution in [0.4, 0.5) is 16.5 Å². The zero-order valence-electron chi connectivity index (χ0n) is 12.4. The zero-order chi connectivity index (χ0) is 15.9. The van der Waals surface area contributed by atoms with Crippen molar-refractivity contribution in [3.05, 3.63) is 34.8 Å². The number of ether oxygens (including phenoxy) is 1. The molecule has 2 rings (SSSR count). The van der Waals surface area contributed by atoms with Gasteiger partial charge in [-0.2, -0.15) is 0 Å². The molecule has 0 radical (unpaired) electrons. The van der Waals surface area contributed by atoms with E-state index in [9.17, 15) is 4.79 Å². The number of carbonyl (C=O) groups excluding carboxylic acids is 1. The second-order valence-electron chi connectivity index (χ2n) is 4.53. The molecule has 0 amide bonds. The molecular weight excluding hydrogens is 300 g/mol. The third-order valence-corrected chi connectivity index (χ3v) is 3.73. The van der Waals surface area contributed by atoms with E-state index in [1.165, 1.54) is 18.4 Å². The Hall–Kier alpha value is -2.41. The van der Waals surface area contributed by atoms with Crippen LogP contribution in [0.1, 0.15) is 17.7 Å². The van der Waals surface area contributed by atoms with Crippen molar-refractivity contribution in [3.8, 4) is 0 Å². The number of aryl methyl sites for hydroxylation is 2. The molecule has 0 bridgehead atoms. The summed E-state index contributed by atoms with van der Waals surface area (Å²) in [4.78, 5) is 19.3. The number of methoxy groups -OCH3 is 1. The predicted molar refractivity (Wildman–Crippen MR) is 87.0 cm³/mol. The van der Waals surface area contributed by atoms with Gasteiger partial charge in [0.1, 0.15) is 0 Å². The lowest BCUT2D eigenvalue weighted by molar-refractivity contribution is -0.140. The molecule has 0 fully saturated rings. The Kier molecular flexibility index (Phi) is 5.48. The minimum absolute atomic E-state index is 0.247. The third-order valence-electron chi connectivity index (χ3n) is 2.96. The van der Waals surface area contributed by atoms with E-state index in [2.05, 4.69) is 31.7 Å². The summed E-state index contributed by atoms with van der Waals surface area (Å²) < 4.78 is 4.60. The molecule has 0 aliphatic carbocycles. The van der Waals surface area contributed by atoms with E-state index < -0.39 is 0 Å². The second kappa shape index (κ2) is 7.56. The number of carbonyl (C=O) groups is 1. The van der Waals surface area contributed by atoms with Crippen molar-refractivity contribution in [2.75, 3.05) is 7.11 Å². The van der Waals surface area contributed by atoms with Crippen LogP contribution in [0.3, 0.4) is 0 Å². The largest absolute Gasteiger partial charge is 0.469 e. The van der Waals surface area contributed by atoms with Gasteiger partial charge >= 0.3 is 5.97 Å². The number of hydrogen-bond acceptors (Lipinski definition) is 7. The van der Waals surface area contributed by atoms with Gasteiger partial charge in [-0.3, -0.25) is 9.79 Å². The molecule has 2 aromatic rings. The predicted octanol–water partition coefficient (Wildman–Crippen LogP) is 4.30. The molecule has 22 heavy (non-hydrogen) atoms. The summed E-state index contributed by atoms with van der Waals surface area (Å²) in [5, 5.41) is 10.8. The number of esters is 1. The zero-order valence-corrected chi connectivity index (χ0v) is 13.3. The van der Waals surface area contributed by atoms with Gasteiger partial charge in [0.2, 0.25) is 5.13 Å². The van der Waals surface area contributed by atoms with E-state index in [1.807, 2.05) is 30.5 Å². The van der Waals surface area contributed by atoms with Crippen molar-refractivity contribution in [3.63, 3.8) is 0 Å². The fourth-order valence-electron chi connectivity index (χ4n) is 1.74. The number of azo groups is 1. The summed E-state index contributed by atoms with van der Waals surface area (Å²) in [6.07, 6.45) is 0.851. The Labute approximate surface area is 132 Å². The Balaban J connectivity index is 2.03. The Morgan fingerprint density at radius 1 is 1.41 bits per heavy atom. The van der Waals surface area contributed by atoms with Crippen LogP contribution in [-0.4, -0.2) is 24.8 Å². The number of aromatic nitrogens is 1. The standard InChI is InChI=1S/C15H16N4O2S/c1-10-8-11(16-2)4-6-13(10)18-19-15-17-12(9-22-15)5-7-14(20)21-3/h4,6,8-9H,2,5,7H2,1,3H3/b19-18+. The van der Waals surface area contributed by atoms with Crippen LogP contribution >= 0.6 is 11.3 Å². The topological polar surface area (TPSA) is 76.3 Å². The Bertz CT molecular complexity index is 709. The maximum Gasteiger partial charge on any atom is 0.305 e. The molecule has 0 N–H and O–H groups in total. The van der Waals surface area contributed by atoms with Crippen molar-refractivity contribution in [2.24, 2.45) is 15.2 Å². The summed E-state index contributed by atoms with van der Waals surface area (Å²) in [5.41, 5.74) is 3.35. The molecule has 114 valence electrons. The Morgan fingerprint density at radius 2 is 2.23 bits per heavy atom. The van der Waals surface area contributed by atoms with Crippen LogP contribution in [-0.2, 0) is 16.0 Å². The maximum absolute atomic E-state index is 11.1. The first-order chi connectivity index (χ1) is 10.6. The highest BCUT2D eigenvalue weighted by Gasteiger charge is 2.05. The molecule has 1 aromatic heterocycles. The monoisotopic (exact) mass is 316 g/mol. The average Bonchev–Trinajstić information content (AvgIpc) is 2.99. The number of thiazole rings is 1. The highest BCUT2D eigenvalue weighted by Crippen LogP contribution is 2.27. The summed E-state index contributed by atoms with van der Waals surface area (Å²) in [7, 11) is 1.37. The summed E-state index contributed by atoms with van der Waals surface area (Å²) in [5.74, 6) is -0.247. The molecular formula is C15H16N4O2S. The molecule has 0 saturated heterocycles. The molecule has 0 spiro atoms. The second-order valence-corrected chi connectivity index (χ2v) is 5.36. The van der Waals surface area contributed by atoms with Gasteiger partial charge in [-0.05, 0) is 37.4 Å². The minimum Gasteiger partial charge on any atom is -0.469 e. The van der Waals surface area contributed by atoms with Crippen LogP contribution in [0.2, 0.25) is 0 Å². The lowest BCUT2D eigenvalue weighted by Crippen LogP contribution is -2.01. The van der Waals surface area contributed by atoms with E-state index in [-0.39, 0.29) is 5.97 Å². The number of nitrogens with zero attached hydrogens (tertiary/aromatic N) is 4. The van der Waals surface area contributed by atoms with E-state index in [0.29, 0.717) is 18.0 Å². The third kappa shape index (κ3) is 4.29. The van der Waals surface area contributed by atoms with Gasteiger partial charge in [-0.15, -0.1) is 21.6 Å². The molecule has 1 heterocycles. The van der Waals surface area contributed by atoms with Crippen molar-refractivity contribution in [1.82, 2.24) is 4.98 Å². The normalized spacial score (nSPS) is 10.8. The highest BCUT2D eigenvalue weighted by molar-refractivity contribution is 7.13. The van der Waals surface area contributed by atoms with E-state index >= 15 is 0 Å². The van der Waals surface area contributed by atoms with Crippen LogP contribution < -0.4 is 0 Å². The molecule has 0 saturated carbocycles. The average molecular weight is 316 g/mol. The molecule has 0 aliphatic rings. The van der Waals surface area contributed by atoms with Gasteiger partial charge in [0, 0.05) is 11.8 Å². The van der Waals surface area contributed by atoms with Gasteiger partial charge in [0.05, 0.1) is 30.6 Å². The maximum atomic E-state index is 11.1. The summed E-state index contributed by atoms with van der Waals surface area (Å²) >= 11 is 1.39. The lowest BCUT2D eigenvalue weighted by Gasteiger charge is -1.99. The Morgan fingerprint density at radius 3 is 2.91 bits per heavy atom. The lowest BCUT2D eigenvalue weighted by atomic mass is 10.2. The molecule has 0 aliphatic heterocycles. The SMILES string of the molecule is C=Nc1ccc(/N=N/c2nc(CCC(=O)OC)cs2)c(C)c1. The van der Waals surface area contributed by atoms with Gasteiger partial charge in [0.25, 0.3) is 0 Å². The first-order valence-corrected chi connectivity index (χ1v) is 7.50. The fraction of sp³-hybridized carbons (Fsp3) is 0.267. The minimum atomic E-state index is -0.247. The van der Waals surface area contributed by atoms with E-state index in [1.54, 1.807) is 0 Å². The van der Waals surface area contributed by atoms with Gasteiger partial charge < -0.3 is 4.74 Å². The van der Waals surface area contributed by atoms with Crippen molar-refractivity contribution >= 4 is 40.5 Å². The number of aliphatic imine (C=N–C) groups is 1. The van der Waals surface area contributed by atoms with Gasteiger partial charge in [0.15, 0.2) is 0 Å². The van der Waals surface area contributed by atoms with Gasteiger partial charge in [-0.25, -0.2) is 4.98 Å². The summed E-state index contributed by atoms with van der Waals surface area (Å²) in [6.45, 7) is 5.43. The van der Waals surface area contributed by atoms with Crippen LogP contribution in [0.25, 0.3) is 0 Å². The van der Waals surface area contributed by atoms with Crippen molar-refractivity contribution in [2.45, 2.75) is 19.8 Å². The first-order valence-electron chi connectivity index (χ1n) is 6.62. The van der Waals surface area contributed by atoms with E-state index in [0.717, 1.165) is 22.6 Å². The van der Waals surface area contributed by atoms with Crippen molar-refractivity contribution < 1.29 is 9.53 Å². The first kappa shape index (κ1) is 16.0. The number of benzene rings is 1. The fourth-order valence-corrected chi connectivity index (χ4v) is 2.41. The smallest absolute Gasteiger partial charge is 0.305 e. The van der Waals surface area contributed by atoms with E-state index in [4.69, 9.17) is 0 Å². The molecule has 6 nitrogen and oxygen atoms in total. The molecule has 0 unspecified atom stereocenters. The van der Waals surface area contributed by atoms with Crippen LogP contribution in [0, 0.1) is 6.92 Å². The number of rotatable bonds is 6. The highest BCUT2D eigenvalue weighted by atomic mass is 32.1. The molecule has 7 heteroatoms. The molecule has 1 aromatic carbocycles. The number of hydrogen-bond donors (Lipinski definition) is 0. The van der Waals surface area contributed by atoms with Gasteiger partial charge in [-0.1, -0.05) is 0 Å².